The van der Waals surface area contributed by atoms with Crippen LogP contribution in [-0.2, 0) is 9.59 Å². The quantitative estimate of drug-likeness (QED) is 0.518. The molecule has 0 bridgehead atoms. The van der Waals surface area contributed by atoms with Gasteiger partial charge in [-0.15, -0.1) is 11.3 Å². The number of amides is 3. The van der Waals surface area contributed by atoms with Crippen molar-refractivity contribution in [1.29, 1.82) is 0 Å². The summed E-state index contributed by atoms with van der Waals surface area (Å²) in [5.41, 5.74) is 2.24. The van der Waals surface area contributed by atoms with E-state index < -0.39 is 11.8 Å². The van der Waals surface area contributed by atoms with Crippen LogP contribution in [0.3, 0.4) is 0 Å². The van der Waals surface area contributed by atoms with E-state index in [2.05, 4.69) is 36.9 Å². The number of aromatic nitrogens is 1. The Hall–Kier alpha value is -2.98. The second-order valence-electron chi connectivity index (χ2n) is 5.63. The fraction of sp³-hybridized carbons (Fsp3) is 0.111. The fourth-order valence-electron chi connectivity index (χ4n) is 2.24. The molecule has 0 saturated carbocycles. The first kappa shape index (κ1) is 19.8. The molecule has 0 spiro atoms. The van der Waals surface area contributed by atoms with Crippen LogP contribution >= 0.6 is 27.3 Å². The summed E-state index contributed by atoms with van der Waals surface area (Å²) in [5, 5.41) is 10.0. The number of nitrogens with one attached hydrogen (secondary N) is 3. The first-order valence-corrected chi connectivity index (χ1v) is 9.75. The summed E-state index contributed by atoms with van der Waals surface area (Å²) in [6.07, 6.45) is 0. The number of thiazole rings is 1. The van der Waals surface area contributed by atoms with E-state index in [1.54, 1.807) is 18.2 Å². The number of halogens is 1. The van der Waals surface area contributed by atoms with Gasteiger partial charge < -0.3 is 20.4 Å². The number of anilines is 2. The molecule has 0 unspecified atom stereocenters. The van der Waals surface area contributed by atoms with Gasteiger partial charge in [0.05, 0.1) is 12.2 Å². The maximum Gasteiger partial charge on any atom is 0.287 e. The van der Waals surface area contributed by atoms with E-state index in [-0.39, 0.29) is 18.2 Å². The molecule has 0 radical (unpaired) electrons. The minimum Gasteiger partial charge on any atom is -0.444 e. The molecule has 1 aromatic carbocycles. The standard InChI is InChI=1S/C18H15BrN4O4S/c1-10(24)21-12-4-2-11(3-5-12)13-9-28-18(22-13)23-16(25)8-20-17(26)14-6-7-15(19)27-14/h2-7,9H,8H2,1H3,(H,20,26)(H,21,24)(H,22,23,25). The van der Waals surface area contributed by atoms with Crippen molar-refractivity contribution in [3.8, 4) is 11.3 Å². The summed E-state index contributed by atoms with van der Waals surface area (Å²) in [7, 11) is 0. The molecule has 2 aromatic heterocycles. The Morgan fingerprint density at radius 3 is 2.50 bits per heavy atom. The second-order valence-corrected chi connectivity index (χ2v) is 7.27. The van der Waals surface area contributed by atoms with Crippen LogP contribution in [0.5, 0.6) is 0 Å². The maximum atomic E-state index is 12.0. The number of hydrogen-bond donors (Lipinski definition) is 3. The SMILES string of the molecule is CC(=O)Nc1ccc(-c2csc(NC(=O)CNC(=O)c3ccc(Br)o3)n2)cc1. The maximum absolute atomic E-state index is 12.0. The Morgan fingerprint density at radius 2 is 1.86 bits per heavy atom. The summed E-state index contributed by atoms with van der Waals surface area (Å²) in [4.78, 5) is 39.3. The van der Waals surface area contributed by atoms with Gasteiger partial charge in [0, 0.05) is 23.6 Å². The molecule has 0 aliphatic heterocycles. The van der Waals surface area contributed by atoms with Gasteiger partial charge >= 0.3 is 0 Å². The number of carbonyl (C=O) groups is 3. The highest BCUT2D eigenvalue weighted by Crippen LogP contribution is 2.26. The zero-order valence-corrected chi connectivity index (χ0v) is 17.0. The second kappa shape index (κ2) is 8.81. The van der Waals surface area contributed by atoms with E-state index in [4.69, 9.17) is 4.42 Å². The zero-order chi connectivity index (χ0) is 20.1. The lowest BCUT2D eigenvalue weighted by molar-refractivity contribution is -0.115. The van der Waals surface area contributed by atoms with Gasteiger partial charge in [-0.05, 0) is 40.2 Å². The molecule has 3 aromatic rings. The lowest BCUT2D eigenvalue weighted by Gasteiger charge is -2.04. The first-order valence-electron chi connectivity index (χ1n) is 8.07. The van der Waals surface area contributed by atoms with Crippen LogP contribution in [0.2, 0.25) is 0 Å². The van der Waals surface area contributed by atoms with Gasteiger partial charge in [-0.2, -0.15) is 0 Å². The number of benzene rings is 1. The molecule has 0 saturated heterocycles. The van der Waals surface area contributed by atoms with Crippen molar-refractivity contribution >= 4 is 55.8 Å². The van der Waals surface area contributed by atoms with Crippen LogP contribution in [-0.4, -0.2) is 29.3 Å². The number of nitrogens with zero attached hydrogens (tertiary/aromatic N) is 1. The molecule has 28 heavy (non-hydrogen) atoms. The highest BCUT2D eigenvalue weighted by molar-refractivity contribution is 9.10. The van der Waals surface area contributed by atoms with Crippen LogP contribution in [0.1, 0.15) is 17.5 Å². The first-order chi connectivity index (χ1) is 13.4. The smallest absolute Gasteiger partial charge is 0.287 e. The summed E-state index contributed by atoms with van der Waals surface area (Å²) in [5.74, 6) is -0.919. The van der Waals surface area contributed by atoms with E-state index in [1.165, 1.54) is 24.3 Å². The minimum atomic E-state index is -0.486. The normalized spacial score (nSPS) is 10.4. The average Bonchev–Trinajstić information content (AvgIpc) is 3.29. The average molecular weight is 463 g/mol. The Morgan fingerprint density at radius 1 is 1.11 bits per heavy atom. The monoisotopic (exact) mass is 462 g/mol. The van der Waals surface area contributed by atoms with Crippen LogP contribution in [0.15, 0.2) is 50.9 Å². The van der Waals surface area contributed by atoms with Gasteiger partial charge in [-0.25, -0.2) is 4.98 Å². The molecular formula is C18H15BrN4O4S. The molecule has 0 aliphatic rings. The summed E-state index contributed by atoms with van der Waals surface area (Å²) in [6.45, 7) is 1.23. The number of hydrogen-bond acceptors (Lipinski definition) is 6. The lowest BCUT2D eigenvalue weighted by atomic mass is 10.1. The van der Waals surface area contributed by atoms with Gasteiger partial charge in [0.25, 0.3) is 5.91 Å². The van der Waals surface area contributed by atoms with E-state index in [0.29, 0.717) is 21.2 Å². The Labute approximate surface area is 172 Å². The van der Waals surface area contributed by atoms with Crippen molar-refractivity contribution in [2.45, 2.75) is 6.92 Å². The van der Waals surface area contributed by atoms with E-state index in [9.17, 15) is 14.4 Å². The molecule has 0 atom stereocenters. The fourth-order valence-corrected chi connectivity index (χ4v) is 3.28. The number of carbonyl (C=O) groups excluding carboxylic acids is 3. The topological polar surface area (TPSA) is 113 Å². The molecule has 10 heteroatoms. The number of rotatable bonds is 6. The molecule has 0 fully saturated rings. The highest BCUT2D eigenvalue weighted by Gasteiger charge is 2.13. The van der Waals surface area contributed by atoms with E-state index in [0.717, 1.165) is 5.56 Å². The molecule has 2 heterocycles. The Balaban J connectivity index is 1.54. The molecule has 3 rings (SSSR count). The lowest BCUT2D eigenvalue weighted by Crippen LogP contribution is -2.32. The van der Waals surface area contributed by atoms with Gasteiger partial charge in [0.15, 0.2) is 15.6 Å². The largest absolute Gasteiger partial charge is 0.444 e. The highest BCUT2D eigenvalue weighted by atomic mass is 79.9. The van der Waals surface area contributed by atoms with Crippen molar-refractivity contribution in [2.24, 2.45) is 0 Å². The summed E-state index contributed by atoms with van der Waals surface area (Å²) < 4.78 is 5.55. The predicted molar refractivity (Wildman–Crippen MR) is 109 cm³/mol. The third-order valence-corrected chi connectivity index (χ3v) is 4.64. The molecule has 3 N–H and O–H groups in total. The van der Waals surface area contributed by atoms with Crippen LogP contribution in [0.4, 0.5) is 10.8 Å². The molecule has 3 amide bonds. The Bertz CT molecular complexity index is 1010. The third-order valence-electron chi connectivity index (χ3n) is 3.46. The molecular weight excluding hydrogens is 448 g/mol. The van der Waals surface area contributed by atoms with Crippen LogP contribution < -0.4 is 16.0 Å². The predicted octanol–water partition coefficient (Wildman–Crippen LogP) is 3.49. The van der Waals surface area contributed by atoms with Crippen molar-refractivity contribution in [1.82, 2.24) is 10.3 Å². The summed E-state index contributed by atoms with van der Waals surface area (Å²) >= 11 is 4.38. The van der Waals surface area contributed by atoms with E-state index in [1.807, 2.05) is 17.5 Å². The summed E-state index contributed by atoms with van der Waals surface area (Å²) in [6, 6.07) is 10.3. The van der Waals surface area contributed by atoms with Gasteiger partial charge in [0.2, 0.25) is 11.8 Å². The van der Waals surface area contributed by atoms with Gasteiger partial charge in [-0.1, -0.05) is 12.1 Å². The number of furan rings is 1. The minimum absolute atomic E-state index is 0.110. The van der Waals surface area contributed by atoms with Crippen LogP contribution in [0, 0.1) is 0 Å². The van der Waals surface area contributed by atoms with Crippen molar-refractivity contribution in [2.75, 3.05) is 17.2 Å². The molecule has 8 nitrogen and oxygen atoms in total. The molecule has 144 valence electrons. The van der Waals surface area contributed by atoms with Crippen LogP contribution in [0.25, 0.3) is 11.3 Å². The van der Waals surface area contributed by atoms with Gasteiger partial charge in [-0.3, -0.25) is 14.4 Å². The van der Waals surface area contributed by atoms with Crippen molar-refractivity contribution < 1.29 is 18.8 Å². The van der Waals surface area contributed by atoms with Crippen molar-refractivity contribution in [3.63, 3.8) is 0 Å². The Kier molecular flexibility index (Phi) is 6.22. The van der Waals surface area contributed by atoms with E-state index >= 15 is 0 Å². The zero-order valence-electron chi connectivity index (χ0n) is 14.6. The van der Waals surface area contributed by atoms with Gasteiger partial charge in [0.1, 0.15) is 0 Å². The molecule has 0 aliphatic carbocycles. The van der Waals surface area contributed by atoms with Crippen molar-refractivity contribution in [3.05, 3.63) is 52.2 Å². The third kappa shape index (κ3) is 5.27.